The van der Waals surface area contributed by atoms with Crippen LogP contribution in [0, 0.1) is 3.57 Å². The molecular weight excluding hydrogens is 638 g/mol. The Balaban J connectivity index is 1.22. The minimum atomic E-state index is -0.332. The number of hydrogen-bond acceptors (Lipinski definition) is 6. The van der Waals surface area contributed by atoms with Gasteiger partial charge in [-0.15, -0.1) is 23.5 Å². The third kappa shape index (κ3) is 7.95. The third-order valence-electron chi connectivity index (χ3n) is 4.90. The van der Waals surface area contributed by atoms with Crippen molar-refractivity contribution in [3.8, 4) is 11.5 Å². The van der Waals surface area contributed by atoms with Gasteiger partial charge in [-0.25, -0.2) is 5.43 Å². The van der Waals surface area contributed by atoms with Crippen molar-refractivity contribution in [2.24, 2.45) is 5.10 Å². The van der Waals surface area contributed by atoms with E-state index in [4.69, 9.17) is 32.7 Å². The van der Waals surface area contributed by atoms with Crippen LogP contribution in [0.5, 0.6) is 11.5 Å². The molecule has 0 aromatic heterocycles. The molecule has 0 spiro atoms. The largest absolute Gasteiger partial charge is 0.488 e. The Labute approximate surface area is 236 Å². The molecule has 0 aliphatic carbocycles. The average Bonchev–Trinajstić information content (AvgIpc) is 3.39. The molecule has 3 aromatic carbocycles. The Morgan fingerprint density at radius 2 is 1.83 bits per heavy atom. The van der Waals surface area contributed by atoms with Crippen LogP contribution in [0.1, 0.15) is 21.3 Å². The SMILES string of the molecule is O=C(COc1ccc(C2SCCS2)cc1)N/N=C\c1ccc(OCc2ccc(Cl)cc2Cl)c(I)c1. The average molecular weight is 659 g/mol. The first kappa shape index (κ1) is 26.5. The fraction of sp³-hybridized carbons (Fsp3) is 0.200. The fourth-order valence-corrected chi connectivity index (χ4v) is 7.16. The van der Waals surface area contributed by atoms with Gasteiger partial charge in [0.05, 0.1) is 14.4 Å². The lowest BCUT2D eigenvalue weighted by molar-refractivity contribution is -0.123. The highest BCUT2D eigenvalue weighted by Gasteiger charge is 2.18. The summed E-state index contributed by atoms with van der Waals surface area (Å²) in [6, 6.07) is 18.8. The Hall–Kier alpha value is -1.59. The van der Waals surface area contributed by atoms with Gasteiger partial charge in [-0.2, -0.15) is 5.10 Å². The van der Waals surface area contributed by atoms with Crippen LogP contribution >= 0.6 is 69.3 Å². The molecule has 0 saturated carbocycles. The highest BCUT2D eigenvalue weighted by Crippen LogP contribution is 2.45. The summed E-state index contributed by atoms with van der Waals surface area (Å²) in [4.78, 5) is 12.1. The summed E-state index contributed by atoms with van der Waals surface area (Å²) < 4.78 is 12.9. The molecule has 10 heteroatoms. The summed E-state index contributed by atoms with van der Waals surface area (Å²) >= 11 is 18.2. The van der Waals surface area contributed by atoms with E-state index in [1.165, 1.54) is 17.1 Å². The lowest BCUT2D eigenvalue weighted by atomic mass is 10.2. The molecule has 1 N–H and O–H groups in total. The number of benzene rings is 3. The molecule has 0 bridgehead atoms. The number of nitrogens with zero attached hydrogens (tertiary/aromatic N) is 1. The number of ether oxygens (including phenoxy) is 2. The smallest absolute Gasteiger partial charge is 0.277 e. The van der Waals surface area contributed by atoms with E-state index in [2.05, 4.69) is 45.3 Å². The van der Waals surface area contributed by atoms with Crippen LogP contribution in [-0.2, 0) is 11.4 Å². The summed E-state index contributed by atoms with van der Waals surface area (Å²) in [5.74, 6) is 3.42. The molecule has 182 valence electrons. The van der Waals surface area contributed by atoms with Gasteiger partial charge in [0.1, 0.15) is 18.1 Å². The minimum Gasteiger partial charge on any atom is -0.488 e. The van der Waals surface area contributed by atoms with E-state index in [0.29, 0.717) is 27.0 Å². The molecule has 1 aliphatic rings. The van der Waals surface area contributed by atoms with Gasteiger partial charge in [-0.05, 0) is 76.2 Å². The zero-order valence-corrected chi connectivity index (χ0v) is 23.7. The van der Waals surface area contributed by atoms with Crippen molar-refractivity contribution in [1.29, 1.82) is 0 Å². The second kappa shape index (κ2) is 13.1. The second-order valence-corrected chi connectivity index (χ2v) is 12.2. The number of amides is 1. The maximum Gasteiger partial charge on any atom is 0.277 e. The lowest BCUT2D eigenvalue weighted by Gasteiger charge is -2.10. The number of nitrogens with one attached hydrogen (secondary N) is 1. The van der Waals surface area contributed by atoms with E-state index in [0.717, 1.165) is 20.4 Å². The topological polar surface area (TPSA) is 59.9 Å². The molecule has 4 rings (SSSR count). The molecule has 0 unspecified atom stereocenters. The number of rotatable bonds is 9. The zero-order valence-electron chi connectivity index (χ0n) is 18.4. The molecule has 1 fully saturated rings. The number of halogens is 3. The van der Waals surface area contributed by atoms with Gasteiger partial charge < -0.3 is 9.47 Å². The van der Waals surface area contributed by atoms with E-state index in [1.54, 1.807) is 18.3 Å². The van der Waals surface area contributed by atoms with Crippen LogP contribution in [0.4, 0.5) is 0 Å². The minimum absolute atomic E-state index is 0.110. The number of hydrogen-bond donors (Lipinski definition) is 1. The normalized spacial score (nSPS) is 13.8. The van der Waals surface area contributed by atoms with Gasteiger partial charge >= 0.3 is 0 Å². The summed E-state index contributed by atoms with van der Waals surface area (Å²) in [5, 5.41) is 5.17. The number of thioether (sulfide) groups is 2. The fourth-order valence-electron chi connectivity index (χ4n) is 3.14. The molecule has 1 aliphatic heterocycles. The summed E-state index contributed by atoms with van der Waals surface area (Å²) in [6.07, 6.45) is 1.58. The van der Waals surface area contributed by atoms with E-state index < -0.39 is 0 Å². The predicted octanol–water partition coefficient (Wildman–Crippen LogP) is 7.18. The van der Waals surface area contributed by atoms with Crippen molar-refractivity contribution in [2.45, 2.75) is 11.2 Å². The molecular formula is C25H21Cl2IN2O3S2. The Morgan fingerprint density at radius 3 is 2.54 bits per heavy atom. The van der Waals surface area contributed by atoms with Gasteiger partial charge in [0, 0.05) is 27.1 Å². The molecule has 0 atom stereocenters. The van der Waals surface area contributed by atoms with E-state index in [1.807, 2.05) is 59.9 Å². The standard InChI is InChI=1S/C25H21Cl2IN2O3S2/c26-19-5-2-18(21(27)12-19)14-33-23-8-1-16(11-22(23)28)13-29-30-24(31)15-32-20-6-3-17(4-7-20)25-34-9-10-35-25/h1-8,11-13,25H,9-10,14-15H2,(H,30,31)/b29-13-. The van der Waals surface area contributed by atoms with Gasteiger partial charge in [-0.1, -0.05) is 41.4 Å². The van der Waals surface area contributed by atoms with Crippen molar-refractivity contribution in [1.82, 2.24) is 5.43 Å². The summed E-state index contributed by atoms with van der Waals surface area (Å²) in [6.45, 7) is 0.220. The first-order chi connectivity index (χ1) is 17.0. The molecule has 5 nitrogen and oxygen atoms in total. The maximum absolute atomic E-state index is 12.1. The van der Waals surface area contributed by atoms with Crippen LogP contribution < -0.4 is 14.9 Å². The van der Waals surface area contributed by atoms with Crippen LogP contribution in [0.3, 0.4) is 0 Å². The molecule has 3 aromatic rings. The van der Waals surface area contributed by atoms with Gasteiger partial charge in [0.15, 0.2) is 6.61 Å². The quantitative estimate of drug-likeness (QED) is 0.150. The first-order valence-electron chi connectivity index (χ1n) is 10.6. The summed E-state index contributed by atoms with van der Waals surface area (Å²) in [5.41, 5.74) is 5.44. The van der Waals surface area contributed by atoms with Crippen molar-refractivity contribution < 1.29 is 14.3 Å². The molecule has 1 saturated heterocycles. The van der Waals surface area contributed by atoms with Gasteiger partial charge in [-0.3, -0.25) is 4.79 Å². The van der Waals surface area contributed by atoms with Crippen molar-refractivity contribution in [3.05, 3.63) is 91.0 Å². The van der Waals surface area contributed by atoms with Crippen LogP contribution in [0.25, 0.3) is 0 Å². The van der Waals surface area contributed by atoms with E-state index in [9.17, 15) is 4.79 Å². The van der Waals surface area contributed by atoms with Crippen LogP contribution in [0.2, 0.25) is 10.0 Å². The van der Waals surface area contributed by atoms with Gasteiger partial charge in [0.2, 0.25) is 0 Å². The van der Waals surface area contributed by atoms with Crippen molar-refractivity contribution >= 4 is 81.4 Å². The second-order valence-electron chi connectivity index (χ2n) is 7.44. The highest BCUT2D eigenvalue weighted by molar-refractivity contribution is 14.1. The predicted molar refractivity (Wildman–Crippen MR) is 155 cm³/mol. The molecule has 0 radical (unpaired) electrons. The monoisotopic (exact) mass is 658 g/mol. The van der Waals surface area contributed by atoms with Crippen molar-refractivity contribution in [3.63, 3.8) is 0 Å². The first-order valence-corrected chi connectivity index (χ1v) is 14.6. The Morgan fingerprint density at radius 1 is 1.06 bits per heavy atom. The molecule has 35 heavy (non-hydrogen) atoms. The van der Waals surface area contributed by atoms with Gasteiger partial charge in [0.25, 0.3) is 5.91 Å². The van der Waals surface area contributed by atoms with E-state index in [-0.39, 0.29) is 12.5 Å². The molecule has 1 heterocycles. The zero-order chi connectivity index (χ0) is 24.6. The Bertz CT molecular complexity index is 1210. The number of carbonyl (C=O) groups excluding carboxylic acids is 1. The van der Waals surface area contributed by atoms with Crippen LogP contribution in [0.15, 0.2) is 65.8 Å². The van der Waals surface area contributed by atoms with E-state index >= 15 is 0 Å². The number of hydrazone groups is 1. The van der Waals surface area contributed by atoms with Crippen LogP contribution in [-0.4, -0.2) is 30.2 Å². The Kier molecular flexibility index (Phi) is 9.91. The van der Waals surface area contributed by atoms with Crippen molar-refractivity contribution in [2.75, 3.05) is 18.1 Å². The summed E-state index contributed by atoms with van der Waals surface area (Å²) in [7, 11) is 0. The third-order valence-corrected chi connectivity index (χ3v) is 9.44. The lowest BCUT2D eigenvalue weighted by Crippen LogP contribution is -2.24. The molecule has 1 amide bonds. The number of carbonyl (C=O) groups is 1. The maximum atomic E-state index is 12.1. The highest BCUT2D eigenvalue weighted by atomic mass is 127.